The fourth-order valence-corrected chi connectivity index (χ4v) is 2.67. The summed E-state index contributed by atoms with van der Waals surface area (Å²) in [5, 5.41) is 0. The second kappa shape index (κ2) is 5.21. The minimum absolute atomic E-state index is 0.140. The highest BCUT2D eigenvalue weighted by atomic mass is 32.2. The van der Waals surface area contributed by atoms with Gasteiger partial charge in [0.2, 0.25) is 10.0 Å². The molecule has 0 amide bonds. The zero-order valence-electron chi connectivity index (χ0n) is 9.80. The number of hydrogen-bond acceptors (Lipinski definition) is 3. The number of benzene rings is 1. The van der Waals surface area contributed by atoms with Crippen molar-refractivity contribution in [3.8, 4) is 5.75 Å². The highest BCUT2D eigenvalue weighted by Gasteiger charge is 2.19. The molecule has 0 aliphatic heterocycles. The molecule has 0 aliphatic carbocycles. The third kappa shape index (κ3) is 2.66. The van der Waals surface area contributed by atoms with Crippen molar-refractivity contribution >= 4 is 15.7 Å². The predicted molar refractivity (Wildman–Crippen MR) is 65.5 cm³/mol. The first-order valence-corrected chi connectivity index (χ1v) is 6.73. The second-order valence-electron chi connectivity index (χ2n) is 3.46. The molecule has 0 atom stereocenters. The summed E-state index contributed by atoms with van der Waals surface area (Å²) in [5.74, 6) is 0.700. The molecule has 1 aromatic carbocycles. The highest BCUT2D eigenvalue weighted by molar-refractivity contribution is 7.92. The molecule has 0 aromatic heterocycles. The van der Waals surface area contributed by atoms with Crippen LogP contribution in [0.25, 0.3) is 0 Å². The van der Waals surface area contributed by atoms with Gasteiger partial charge in [0.25, 0.3) is 0 Å². The van der Waals surface area contributed by atoms with Crippen LogP contribution in [0.4, 0.5) is 5.69 Å². The largest absolute Gasteiger partial charge is 0.495 e. The van der Waals surface area contributed by atoms with E-state index in [1.54, 1.807) is 25.2 Å². The van der Waals surface area contributed by atoms with Crippen LogP contribution >= 0.6 is 0 Å². The van der Waals surface area contributed by atoms with Gasteiger partial charge in [0, 0.05) is 7.05 Å². The van der Waals surface area contributed by atoms with Gasteiger partial charge in [0.1, 0.15) is 5.75 Å². The van der Waals surface area contributed by atoms with E-state index in [0.717, 1.165) is 0 Å². The first-order chi connectivity index (χ1) is 7.53. The molecule has 0 saturated carbocycles. The Labute approximate surface area is 96.9 Å². The summed E-state index contributed by atoms with van der Waals surface area (Å²) in [6.07, 6.45) is 0.599. The molecule has 5 heteroatoms. The molecule has 1 rings (SSSR count). The van der Waals surface area contributed by atoms with Crippen molar-refractivity contribution in [3.05, 3.63) is 24.3 Å². The fraction of sp³-hybridized carbons (Fsp3) is 0.455. The molecule has 0 radical (unpaired) electrons. The Morgan fingerprint density at radius 1 is 1.31 bits per heavy atom. The van der Waals surface area contributed by atoms with Gasteiger partial charge in [0.05, 0.1) is 18.6 Å². The number of ether oxygens (including phenoxy) is 1. The molecule has 16 heavy (non-hydrogen) atoms. The summed E-state index contributed by atoms with van der Waals surface area (Å²) in [6.45, 7) is 1.84. The van der Waals surface area contributed by atoms with Crippen LogP contribution in [-0.4, -0.2) is 28.3 Å². The normalized spacial score (nSPS) is 11.2. The van der Waals surface area contributed by atoms with Crippen LogP contribution in [0.5, 0.6) is 5.75 Å². The molecule has 90 valence electrons. The van der Waals surface area contributed by atoms with Gasteiger partial charge in [-0.05, 0) is 18.6 Å². The number of hydrogen-bond donors (Lipinski definition) is 0. The Balaban J connectivity index is 3.09. The lowest BCUT2D eigenvalue weighted by Crippen LogP contribution is -2.29. The Kier molecular flexibility index (Phi) is 4.18. The van der Waals surface area contributed by atoms with Crippen molar-refractivity contribution in [1.29, 1.82) is 0 Å². The maximum absolute atomic E-state index is 11.9. The third-order valence-corrected chi connectivity index (χ3v) is 4.26. The van der Waals surface area contributed by atoms with Gasteiger partial charge in [-0.1, -0.05) is 19.1 Å². The summed E-state index contributed by atoms with van der Waals surface area (Å²) in [5.41, 5.74) is 0.568. The van der Waals surface area contributed by atoms with E-state index in [0.29, 0.717) is 17.9 Å². The lowest BCUT2D eigenvalue weighted by atomic mass is 10.3. The first kappa shape index (κ1) is 12.8. The first-order valence-electron chi connectivity index (χ1n) is 5.12. The summed E-state index contributed by atoms with van der Waals surface area (Å²) in [6, 6.07) is 7.07. The molecular formula is C11H17NO3S. The smallest absolute Gasteiger partial charge is 0.235 e. The van der Waals surface area contributed by atoms with Crippen molar-refractivity contribution in [1.82, 2.24) is 0 Å². The predicted octanol–water partition coefficient (Wildman–Crippen LogP) is 1.87. The number of sulfonamides is 1. The summed E-state index contributed by atoms with van der Waals surface area (Å²) < 4.78 is 30.1. The standard InChI is InChI=1S/C11H17NO3S/c1-4-9-16(13,14)12(2)10-7-5-6-8-11(10)15-3/h5-8H,4,9H2,1-3H3. The van der Waals surface area contributed by atoms with E-state index in [4.69, 9.17) is 4.74 Å². The lowest BCUT2D eigenvalue weighted by Gasteiger charge is -2.21. The van der Waals surface area contributed by atoms with Gasteiger partial charge in [-0.2, -0.15) is 0 Å². The lowest BCUT2D eigenvalue weighted by molar-refractivity contribution is 0.416. The highest BCUT2D eigenvalue weighted by Crippen LogP contribution is 2.28. The number of para-hydroxylation sites is 2. The van der Waals surface area contributed by atoms with Gasteiger partial charge in [-0.25, -0.2) is 8.42 Å². The summed E-state index contributed by atoms with van der Waals surface area (Å²) >= 11 is 0. The fourth-order valence-electron chi connectivity index (χ4n) is 1.43. The van der Waals surface area contributed by atoms with Gasteiger partial charge in [-0.15, -0.1) is 0 Å². The molecule has 0 fully saturated rings. The zero-order valence-corrected chi connectivity index (χ0v) is 10.6. The van der Waals surface area contributed by atoms with E-state index in [-0.39, 0.29) is 5.75 Å². The maximum atomic E-state index is 11.9. The van der Waals surface area contributed by atoms with Crippen LogP contribution in [-0.2, 0) is 10.0 Å². The number of anilines is 1. The van der Waals surface area contributed by atoms with Crippen LogP contribution in [0.3, 0.4) is 0 Å². The molecule has 0 N–H and O–H groups in total. The van der Waals surface area contributed by atoms with Crippen molar-refractivity contribution in [3.63, 3.8) is 0 Å². The van der Waals surface area contributed by atoms with Crippen LogP contribution < -0.4 is 9.04 Å². The van der Waals surface area contributed by atoms with E-state index in [9.17, 15) is 8.42 Å². The van der Waals surface area contributed by atoms with E-state index in [1.807, 2.05) is 13.0 Å². The van der Waals surface area contributed by atoms with Crippen LogP contribution in [0.2, 0.25) is 0 Å². The SMILES string of the molecule is CCCS(=O)(=O)N(C)c1ccccc1OC. The van der Waals surface area contributed by atoms with Crippen molar-refractivity contribution in [2.24, 2.45) is 0 Å². The number of rotatable bonds is 5. The molecule has 1 aromatic rings. The minimum Gasteiger partial charge on any atom is -0.495 e. The Hall–Kier alpha value is -1.23. The van der Waals surface area contributed by atoms with Gasteiger partial charge < -0.3 is 4.74 Å². The average molecular weight is 243 g/mol. The van der Waals surface area contributed by atoms with Crippen LogP contribution in [0.1, 0.15) is 13.3 Å². The molecule has 0 aliphatic rings. The minimum atomic E-state index is -3.24. The van der Waals surface area contributed by atoms with E-state index >= 15 is 0 Å². The second-order valence-corrected chi connectivity index (χ2v) is 5.58. The molecule has 0 saturated heterocycles. The van der Waals surface area contributed by atoms with Gasteiger partial charge in [-0.3, -0.25) is 4.31 Å². The zero-order chi connectivity index (χ0) is 12.2. The van der Waals surface area contributed by atoms with Crippen molar-refractivity contribution in [2.45, 2.75) is 13.3 Å². The van der Waals surface area contributed by atoms with Crippen LogP contribution in [0.15, 0.2) is 24.3 Å². The van der Waals surface area contributed by atoms with Gasteiger partial charge >= 0.3 is 0 Å². The van der Waals surface area contributed by atoms with Crippen molar-refractivity contribution < 1.29 is 13.2 Å². The number of nitrogens with zero attached hydrogens (tertiary/aromatic N) is 1. The van der Waals surface area contributed by atoms with E-state index in [1.165, 1.54) is 11.4 Å². The Bertz CT molecular complexity index is 442. The molecule has 4 nitrogen and oxygen atoms in total. The number of methoxy groups -OCH3 is 1. The molecular weight excluding hydrogens is 226 g/mol. The maximum Gasteiger partial charge on any atom is 0.235 e. The monoisotopic (exact) mass is 243 g/mol. The van der Waals surface area contributed by atoms with Crippen molar-refractivity contribution in [2.75, 3.05) is 24.2 Å². The quantitative estimate of drug-likeness (QED) is 0.793. The Morgan fingerprint density at radius 2 is 1.94 bits per heavy atom. The van der Waals surface area contributed by atoms with Crippen LogP contribution in [0, 0.1) is 0 Å². The Morgan fingerprint density at radius 3 is 2.50 bits per heavy atom. The molecule has 0 heterocycles. The summed E-state index contributed by atoms with van der Waals surface area (Å²) in [7, 11) is -0.171. The molecule has 0 bridgehead atoms. The van der Waals surface area contributed by atoms with Gasteiger partial charge in [0.15, 0.2) is 0 Å². The molecule has 0 spiro atoms. The average Bonchev–Trinajstić information content (AvgIpc) is 2.28. The van der Waals surface area contributed by atoms with E-state index < -0.39 is 10.0 Å². The summed E-state index contributed by atoms with van der Waals surface area (Å²) in [4.78, 5) is 0. The topological polar surface area (TPSA) is 46.6 Å². The van der Waals surface area contributed by atoms with E-state index in [2.05, 4.69) is 0 Å². The third-order valence-electron chi connectivity index (χ3n) is 2.30. The molecule has 0 unspecified atom stereocenters.